The maximum Gasteiger partial charge on any atom is 0.214 e. The van der Waals surface area contributed by atoms with E-state index in [9.17, 15) is 16.8 Å². The maximum absolute atomic E-state index is 11.9. The van der Waals surface area contributed by atoms with Crippen molar-refractivity contribution in [1.82, 2.24) is 8.61 Å². The first-order valence-electron chi connectivity index (χ1n) is 5.70. The molecule has 0 aromatic rings. The van der Waals surface area contributed by atoms with Crippen LogP contribution in [-0.4, -0.2) is 63.6 Å². The Labute approximate surface area is 104 Å². The average Bonchev–Trinajstić information content (AvgIpc) is 2.41. The Hall–Kier alpha value is -0.180. The van der Waals surface area contributed by atoms with Crippen molar-refractivity contribution in [2.45, 2.75) is 19.8 Å². The third-order valence-electron chi connectivity index (χ3n) is 2.74. The average molecular weight is 284 g/mol. The highest BCUT2D eigenvalue weighted by Gasteiger charge is 2.27. The summed E-state index contributed by atoms with van der Waals surface area (Å²) in [4.78, 5) is 0. The summed E-state index contributed by atoms with van der Waals surface area (Å²) in [6, 6.07) is 0. The summed E-state index contributed by atoms with van der Waals surface area (Å²) in [7, 11) is -6.43. The van der Waals surface area contributed by atoms with Crippen molar-refractivity contribution in [3.8, 4) is 0 Å². The molecule has 0 spiro atoms. The highest BCUT2D eigenvalue weighted by atomic mass is 32.2. The second-order valence-electron chi connectivity index (χ2n) is 4.23. The second-order valence-corrected chi connectivity index (χ2v) is 8.30. The molecule has 0 bridgehead atoms. The molecular formula is C9H20N2O4S2. The van der Waals surface area contributed by atoms with E-state index in [1.165, 1.54) is 8.61 Å². The van der Waals surface area contributed by atoms with Crippen LogP contribution in [0, 0.1) is 0 Å². The highest BCUT2D eigenvalue weighted by molar-refractivity contribution is 7.89. The van der Waals surface area contributed by atoms with E-state index >= 15 is 0 Å². The van der Waals surface area contributed by atoms with E-state index < -0.39 is 20.0 Å². The Morgan fingerprint density at radius 2 is 1.47 bits per heavy atom. The van der Waals surface area contributed by atoms with Gasteiger partial charge in [0.05, 0.1) is 12.0 Å². The molecule has 1 saturated heterocycles. The smallest absolute Gasteiger partial charge is 0.213 e. The molecule has 0 radical (unpaired) electrons. The van der Waals surface area contributed by atoms with Gasteiger partial charge in [-0.1, -0.05) is 6.92 Å². The summed E-state index contributed by atoms with van der Waals surface area (Å²) in [6.07, 6.45) is 2.29. The molecule has 1 aliphatic rings. The molecule has 0 amide bonds. The number of hydrogen-bond acceptors (Lipinski definition) is 4. The molecule has 6 nitrogen and oxygen atoms in total. The standard InChI is InChI=1S/C9H20N2O4S2/c1-3-9-17(14,15)11-6-4-5-10(7-8-11)16(2,12)13/h3-9H2,1-2H3. The monoisotopic (exact) mass is 284 g/mol. The van der Waals surface area contributed by atoms with Crippen LogP contribution < -0.4 is 0 Å². The molecule has 0 atom stereocenters. The van der Waals surface area contributed by atoms with Crippen molar-refractivity contribution in [3.63, 3.8) is 0 Å². The topological polar surface area (TPSA) is 74.8 Å². The van der Waals surface area contributed by atoms with Gasteiger partial charge in [-0.2, -0.15) is 0 Å². The summed E-state index contributed by atoms with van der Waals surface area (Å²) in [5, 5.41) is 0. The summed E-state index contributed by atoms with van der Waals surface area (Å²) in [6.45, 7) is 3.14. The first kappa shape index (κ1) is 14.9. The van der Waals surface area contributed by atoms with Crippen LogP contribution in [0.15, 0.2) is 0 Å². The van der Waals surface area contributed by atoms with Crippen molar-refractivity contribution in [2.75, 3.05) is 38.2 Å². The molecule has 0 aromatic carbocycles. The van der Waals surface area contributed by atoms with Crippen LogP contribution in [0.1, 0.15) is 19.8 Å². The fourth-order valence-electron chi connectivity index (χ4n) is 1.87. The fourth-order valence-corrected chi connectivity index (χ4v) is 4.28. The molecule has 1 aliphatic heterocycles. The SMILES string of the molecule is CCCS(=O)(=O)N1CCCN(S(C)(=O)=O)CC1. The largest absolute Gasteiger partial charge is 0.214 e. The van der Waals surface area contributed by atoms with E-state index in [2.05, 4.69) is 0 Å². The molecular weight excluding hydrogens is 264 g/mol. The van der Waals surface area contributed by atoms with Gasteiger partial charge in [0.2, 0.25) is 20.0 Å². The van der Waals surface area contributed by atoms with Crippen molar-refractivity contribution in [2.24, 2.45) is 0 Å². The lowest BCUT2D eigenvalue weighted by Crippen LogP contribution is -2.37. The molecule has 1 rings (SSSR count). The molecule has 0 N–H and O–H groups in total. The van der Waals surface area contributed by atoms with Crippen molar-refractivity contribution in [1.29, 1.82) is 0 Å². The van der Waals surface area contributed by atoms with Gasteiger partial charge in [-0.15, -0.1) is 0 Å². The Morgan fingerprint density at radius 1 is 0.941 bits per heavy atom. The Bertz CT molecular complexity index is 444. The number of hydrogen-bond donors (Lipinski definition) is 0. The van der Waals surface area contributed by atoms with Gasteiger partial charge in [0, 0.05) is 26.2 Å². The van der Waals surface area contributed by atoms with E-state index in [0.29, 0.717) is 25.9 Å². The third-order valence-corrected chi connectivity index (χ3v) is 6.12. The summed E-state index contributed by atoms with van der Waals surface area (Å²) >= 11 is 0. The zero-order chi connectivity index (χ0) is 13.1. The molecule has 0 aromatic heterocycles. The summed E-state index contributed by atoms with van der Waals surface area (Å²) in [5.41, 5.74) is 0. The zero-order valence-corrected chi connectivity index (χ0v) is 11.9. The van der Waals surface area contributed by atoms with Crippen molar-refractivity contribution in [3.05, 3.63) is 0 Å². The molecule has 0 saturated carbocycles. The van der Waals surface area contributed by atoms with Crippen LogP contribution in [0.3, 0.4) is 0 Å². The van der Waals surface area contributed by atoms with E-state index in [-0.39, 0.29) is 18.8 Å². The Balaban J connectivity index is 2.72. The second kappa shape index (κ2) is 5.64. The van der Waals surface area contributed by atoms with E-state index in [0.717, 1.165) is 6.26 Å². The minimum atomic E-state index is -3.22. The van der Waals surface area contributed by atoms with Crippen LogP contribution in [0.4, 0.5) is 0 Å². The molecule has 0 unspecified atom stereocenters. The van der Waals surface area contributed by atoms with E-state index in [1.54, 1.807) is 0 Å². The van der Waals surface area contributed by atoms with Gasteiger partial charge in [-0.25, -0.2) is 25.4 Å². The Kier molecular flexibility index (Phi) is 4.94. The normalized spacial score (nSPS) is 21.3. The molecule has 17 heavy (non-hydrogen) atoms. The molecule has 1 fully saturated rings. The lowest BCUT2D eigenvalue weighted by Gasteiger charge is -2.20. The van der Waals surface area contributed by atoms with Crippen LogP contribution >= 0.6 is 0 Å². The van der Waals surface area contributed by atoms with Gasteiger partial charge >= 0.3 is 0 Å². The first-order valence-corrected chi connectivity index (χ1v) is 9.16. The van der Waals surface area contributed by atoms with Crippen LogP contribution in [-0.2, 0) is 20.0 Å². The minimum absolute atomic E-state index is 0.131. The zero-order valence-electron chi connectivity index (χ0n) is 10.3. The predicted octanol–water partition coefficient (Wildman–Crippen LogP) is -0.306. The van der Waals surface area contributed by atoms with E-state index in [4.69, 9.17) is 0 Å². The van der Waals surface area contributed by atoms with Gasteiger partial charge in [-0.3, -0.25) is 0 Å². The predicted molar refractivity (Wildman–Crippen MR) is 66.7 cm³/mol. The molecule has 0 aliphatic carbocycles. The lowest BCUT2D eigenvalue weighted by atomic mass is 10.4. The van der Waals surface area contributed by atoms with Crippen molar-refractivity contribution < 1.29 is 16.8 Å². The quantitative estimate of drug-likeness (QED) is 0.710. The van der Waals surface area contributed by atoms with Crippen LogP contribution in [0.5, 0.6) is 0 Å². The molecule has 102 valence electrons. The fraction of sp³-hybridized carbons (Fsp3) is 1.00. The van der Waals surface area contributed by atoms with Gasteiger partial charge in [-0.05, 0) is 12.8 Å². The number of nitrogens with zero attached hydrogens (tertiary/aromatic N) is 2. The number of rotatable bonds is 4. The van der Waals surface area contributed by atoms with Gasteiger partial charge in [0.15, 0.2) is 0 Å². The number of sulfonamides is 2. The maximum atomic E-state index is 11.9. The van der Waals surface area contributed by atoms with E-state index in [1.807, 2.05) is 6.92 Å². The van der Waals surface area contributed by atoms with Gasteiger partial charge in [0.25, 0.3) is 0 Å². The lowest BCUT2D eigenvalue weighted by molar-refractivity contribution is 0.406. The van der Waals surface area contributed by atoms with Crippen LogP contribution in [0.25, 0.3) is 0 Å². The Morgan fingerprint density at radius 3 is 2.00 bits per heavy atom. The van der Waals surface area contributed by atoms with Crippen LogP contribution in [0.2, 0.25) is 0 Å². The highest BCUT2D eigenvalue weighted by Crippen LogP contribution is 2.11. The third kappa shape index (κ3) is 4.20. The van der Waals surface area contributed by atoms with Gasteiger partial charge < -0.3 is 0 Å². The van der Waals surface area contributed by atoms with Gasteiger partial charge in [0.1, 0.15) is 0 Å². The molecule has 1 heterocycles. The first-order chi connectivity index (χ1) is 7.77. The summed E-state index contributed by atoms with van der Waals surface area (Å²) < 4.78 is 49.2. The van der Waals surface area contributed by atoms with Crippen molar-refractivity contribution >= 4 is 20.0 Å². The summed E-state index contributed by atoms with van der Waals surface area (Å²) in [5.74, 6) is 0.131. The molecule has 8 heteroatoms. The minimum Gasteiger partial charge on any atom is -0.213 e.